The lowest BCUT2D eigenvalue weighted by molar-refractivity contribution is 0.0671. The van der Waals surface area contributed by atoms with E-state index in [1.165, 1.54) is 6.07 Å². The van der Waals surface area contributed by atoms with Crippen LogP contribution in [0.1, 0.15) is 15.9 Å². The van der Waals surface area contributed by atoms with E-state index in [1.807, 2.05) is 0 Å². The zero-order valence-corrected chi connectivity index (χ0v) is 17.4. The van der Waals surface area contributed by atoms with E-state index in [4.69, 9.17) is 4.74 Å². The lowest BCUT2D eigenvalue weighted by Crippen LogP contribution is -2.51. The monoisotopic (exact) mass is 434 g/mol. The Kier molecular flexibility index (Phi) is 6.60. The summed E-state index contributed by atoms with van der Waals surface area (Å²) in [4.78, 5) is 32.7. The molecule has 8 heteroatoms. The van der Waals surface area contributed by atoms with Crippen molar-refractivity contribution in [2.45, 2.75) is 6.61 Å². The predicted molar refractivity (Wildman–Crippen MR) is 118 cm³/mol. The lowest BCUT2D eigenvalue weighted by atomic mass is 10.1. The Balaban J connectivity index is 1.31. The summed E-state index contributed by atoms with van der Waals surface area (Å²) in [5.74, 6) is 0.0346. The van der Waals surface area contributed by atoms with Crippen LogP contribution in [-0.2, 0) is 6.61 Å². The van der Waals surface area contributed by atoms with Crippen LogP contribution in [0.4, 0.5) is 14.9 Å². The summed E-state index contributed by atoms with van der Waals surface area (Å²) in [5.41, 5.74) is 1.57. The second kappa shape index (κ2) is 9.91. The Morgan fingerprint density at radius 3 is 2.50 bits per heavy atom. The molecule has 0 atom stereocenters. The largest absolute Gasteiger partial charge is 0.489 e. The zero-order valence-electron chi connectivity index (χ0n) is 17.4. The van der Waals surface area contributed by atoms with Gasteiger partial charge in [0.15, 0.2) is 0 Å². The van der Waals surface area contributed by atoms with Crippen LogP contribution >= 0.6 is 0 Å². The van der Waals surface area contributed by atoms with Gasteiger partial charge in [0.1, 0.15) is 18.2 Å². The number of nitrogens with one attached hydrogen (secondary N) is 1. The Morgan fingerprint density at radius 1 is 0.969 bits per heavy atom. The van der Waals surface area contributed by atoms with Gasteiger partial charge in [-0.15, -0.1) is 0 Å². The van der Waals surface area contributed by atoms with Gasteiger partial charge < -0.3 is 19.9 Å². The maximum absolute atomic E-state index is 13.8. The average Bonchev–Trinajstić information content (AvgIpc) is 2.84. The second-order valence-electron chi connectivity index (χ2n) is 7.36. The van der Waals surface area contributed by atoms with Gasteiger partial charge in [-0.2, -0.15) is 0 Å². The molecule has 1 aromatic heterocycles. The number of carbonyl (C=O) groups excluding carboxylic acids is 2. The minimum atomic E-state index is -0.329. The Labute approximate surface area is 185 Å². The molecule has 1 aliphatic rings. The van der Waals surface area contributed by atoms with Crippen LogP contribution in [-0.4, -0.2) is 52.9 Å². The molecule has 0 saturated carbocycles. The number of carbonyl (C=O) groups is 2. The summed E-state index contributed by atoms with van der Waals surface area (Å²) in [6.45, 7) is 1.80. The van der Waals surface area contributed by atoms with Gasteiger partial charge >= 0.3 is 6.03 Å². The molecule has 0 spiro atoms. The molecular weight excluding hydrogens is 411 g/mol. The first-order valence-corrected chi connectivity index (χ1v) is 10.3. The summed E-state index contributed by atoms with van der Waals surface area (Å²) in [6.07, 6.45) is 3.22. The van der Waals surface area contributed by atoms with Gasteiger partial charge in [-0.3, -0.25) is 9.78 Å². The third-order valence-corrected chi connectivity index (χ3v) is 5.20. The van der Waals surface area contributed by atoms with Crippen LogP contribution in [0, 0.1) is 5.82 Å². The van der Waals surface area contributed by atoms with Gasteiger partial charge in [-0.1, -0.05) is 24.3 Å². The number of piperazine rings is 1. The molecule has 1 fully saturated rings. The van der Waals surface area contributed by atoms with E-state index in [0.717, 1.165) is 0 Å². The van der Waals surface area contributed by atoms with Gasteiger partial charge in [0.2, 0.25) is 0 Å². The molecule has 3 aromatic rings. The van der Waals surface area contributed by atoms with E-state index in [9.17, 15) is 14.0 Å². The van der Waals surface area contributed by atoms with Gasteiger partial charge in [0, 0.05) is 43.5 Å². The van der Waals surface area contributed by atoms with Gasteiger partial charge in [-0.05, 0) is 36.4 Å². The van der Waals surface area contributed by atoms with Crippen molar-refractivity contribution in [3.8, 4) is 5.75 Å². The number of benzene rings is 2. The van der Waals surface area contributed by atoms with Gasteiger partial charge in [0.25, 0.3) is 5.91 Å². The molecule has 1 saturated heterocycles. The number of anilines is 1. The molecule has 0 radical (unpaired) electrons. The van der Waals surface area contributed by atoms with Crippen LogP contribution in [0.2, 0.25) is 0 Å². The SMILES string of the molecule is O=C(Nc1cccnc1)N1CCN(C(=O)c2cccc(OCc3ccccc3F)c2)CC1. The maximum Gasteiger partial charge on any atom is 0.322 e. The number of hydrogen-bond acceptors (Lipinski definition) is 4. The van der Waals surface area contributed by atoms with Crippen LogP contribution in [0.3, 0.4) is 0 Å². The third-order valence-electron chi connectivity index (χ3n) is 5.20. The number of rotatable bonds is 5. The molecule has 164 valence electrons. The first-order valence-electron chi connectivity index (χ1n) is 10.3. The standard InChI is InChI=1S/C24H23FN4O3/c25-22-9-2-1-5-19(22)17-32-21-8-3-6-18(15-21)23(30)28-11-13-29(14-12-28)24(31)27-20-7-4-10-26-16-20/h1-10,15-16H,11-14,17H2,(H,27,31). The fourth-order valence-corrected chi connectivity index (χ4v) is 3.43. The summed E-state index contributed by atoms with van der Waals surface area (Å²) >= 11 is 0. The number of amides is 3. The highest BCUT2D eigenvalue weighted by Gasteiger charge is 2.25. The van der Waals surface area contributed by atoms with Crippen molar-refractivity contribution in [2.24, 2.45) is 0 Å². The van der Waals surface area contributed by atoms with E-state index in [1.54, 1.807) is 76.8 Å². The minimum Gasteiger partial charge on any atom is -0.489 e. The topological polar surface area (TPSA) is 74.8 Å². The smallest absolute Gasteiger partial charge is 0.322 e. The molecule has 0 aliphatic carbocycles. The molecule has 0 unspecified atom stereocenters. The molecule has 3 amide bonds. The highest BCUT2D eigenvalue weighted by Crippen LogP contribution is 2.18. The van der Waals surface area contributed by atoms with Crippen molar-refractivity contribution in [1.82, 2.24) is 14.8 Å². The zero-order chi connectivity index (χ0) is 22.3. The second-order valence-corrected chi connectivity index (χ2v) is 7.36. The summed E-state index contributed by atoms with van der Waals surface area (Å²) in [5, 5.41) is 2.80. The molecule has 1 N–H and O–H groups in total. The van der Waals surface area contributed by atoms with Crippen molar-refractivity contribution in [2.75, 3.05) is 31.5 Å². The van der Waals surface area contributed by atoms with E-state index in [2.05, 4.69) is 10.3 Å². The van der Waals surface area contributed by atoms with E-state index >= 15 is 0 Å². The molecular formula is C24H23FN4O3. The number of ether oxygens (including phenoxy) is 1. The average molecular weight is 434 g/mol. The highest BCUT2D eigenvalue weighted by atomic mass is 19.1. The van der Waals surface area contributed by atoms with Crippen LogP contribution < -0.4 is 10.1 Å². The number of hydrogen-bond donors (Lipinski definition) is 1. The molecule has 2 aromatic carbocycles. The van der Waals surface area contributed by atoms with Crippen LogP contribution in [0.5, 0.6) is 5.75 Å². The molecule has 1 aliphatic heterocycles. The number of aromatic nitrogens is 1. The fraction of sp³-hybridized carbons (Fsp3) is 0.208. The Morgan fingerprint density at radius 2 is 1.75 bits per heavy atom. The Hall–Kier alpha value is -3.94. The van der Waals surface area contributed by atoms with E-state index in [0.29, 0.717) is 48.7 Å². The molecule has 7 nitrogen and oxygen atoms in total. The predicted octanol–water partition coefficient (Wildman–Crippen LogP) is 3.79. The van der Waals surface area contributed by atoms with Crippen molar-refractivity contribution >= 4 is 17.6 Å². The first kappa shape index (κ1) is 21.3. The number of pyridine rings is 1. The Bertz CT molecular complexity index is 1090. The van der Waals surface area contributed by atoms with Crippen molar-refractivity contribution in [3.05, 3.63) is 90.0 Å². The highest BCUT2D eigenvalue weighted by molar-refractivity contribution is 5.95. The lowest BCUT2D eigenvalue weighted by Gasteiger charge is -2.34. The number of nitrogens with zero attached hydrogens (tertiary/aromatic N) is 3. The summed E-state index contributed by atoms with van der Waals surface area (Å²) < 4.78 is 19.5. The van der Waals surface area contributed by atoms with Crippen molar-refractivity contribution in [3.63, 3.8) is 0 Å². The minimum absolute atomic E-state index is 0.0784. The van der Waals surface area contributed by atoms with Crippen molar-refractivity contribution < 1.29 is 18.7 Å². The molecule has 2 heterocycles. The van der Waals surface area contributed by atoms with Crippen LogP contribution in [0.15, 0.2) is 73.1 Å². The maximum atomic E-state index is 13.8. The first-order chi connectivity index (χ1) is 15.6. The van der Waals surface area contributed by atoms with Crippen molar-refractivity contribution in [1.29, 1.82) is 0 Å². The normalized spacial score (nSPS) is 13.5. The summed E-state index contributed by atoms with van der Waals surface area (Å²) in [7, 11) is 0. The number of urea groups is 1. The molecule has 32 heavy (non-hydrogen) atoms. The van der Waals surface area contributed by atoms with Gasteiger partial charge in [-0.25, -0.2) is 9.18 Å². The van der Waals surface area contributed by atoms with E-state index < -0.39 is 0 Å². The fourth-order valence-electron chi connectivity index (χ4n) is 3.43. The quantitative estimate of drug-likeness (QED) is 0.663. The third kappa shape index (κ3) is 5.21. The molecule has 4 rings (SSSR count). The van der Waals surface area contributed by atoms with Crippen LogP contribution in [0.25, 0.3) is 0 Å². The number of halogens is 1. The molecule has 0 bridgehead atoms. The summed E-state index contributed by atoms with van der Waals surface area (Å²) in [6, 6.07) is 16.6. The van der Waals surface area contributed by atoms with Gasteiger partial charge in [0.05, 0.1) is 11.9 Å². The van der Waals surface area contributed by atoms with E-state index in [-0.39, 0.29) is 24.4 Å².